The molecule has 1 aliphatic rings. The third kappa shape index (κ3) is 2.45. The van der Waals surface area contributed by atoms with Gasteiger partial charge < -0.3 is 15.3 Å². The Balaban J connectivity index is 2.66. The summed E-state index contributed by atoms with van der Waals surface area (Å²) in [4.78, 5) is 10.6. The van der Waals surface area contributed by atoms with Gasteiger partial charge in [-0.15, -0.1) is 0 Å². The molecule has 1 atom stereocenters. The fourth-order valence-electron chi connectivity index (χ4n) is 2.69. The average Bonchev–Trinajstić information content (AvgIpc) is 2.42. The van der Waals surface area contributed by atoms with E-state index in [1.807, 2.05) is 20.8 Å². The van der Waals surface area contributed by atoms with Crippen molar-refractivity contribution in [3.05, 3.63) is 16.8 Å². The number of aryl methyl sites for hydroxylation is 1. The van der Waals surface area contributed by atoms with Gasteiger partial charge in [0.25, 0.3) is 0 Å². The number of aliphatic imine (C=N–C) groups is 1. The Bertz CT molecular complexity index is 615. The van der Waals surface area contributed by atoms with Crippen LogP contribution in [0, 0.1) is 18.3 Å². The van der Waals surface area contributed by atoms with Crippen molar-refractivity contribution in [2.75, 3.05) is 18.4 Å². The zero-order valence-electron chi connectivity index (χ0n) is 12.9. The molecule has 1 aromatic rings. The summed E-state index contributed by atoms with van der Waals surface area (Å²) in [5.74, 6) is 0.521. The van der Waals surface area contributed by atoms with Gasteiger partial charge >= 0.3 is 0 Å². The zero-order chi connectivity index (χ0) is 15.6. The number of nitriles is 1. The lowest BCUT2D eigenvalue weighted by Crippen LogP contribution is -2.46. The van der Waals surface area contributed by atoms with Gasteiger partial charge in [-0.2, -0.15) is 5.26 Å². The first-order valence-electron chi connectivity index (χ1n) is 7.19. The monoisotopic (exact) mass is 287 g/mol. The largest absolute Gasteiger partial charge is 0.369 e. The highest BCUT2D eigenvalue weighted by Crippen LogP contribution is 2.41. The van der Waals surface area contributed by atoms with Gasteiger partial charge in [-0.3, -0.25) is 0 Å². The van der Waals surface area contributed by atoms with E-state index in [0.717, 1.165) is 6.42 Å². The third-order valence-electron chi connectivity index (χ3n) is 3.63. The molecule has 0 saturated carbocycles. The molecular weight excluding hydrogens is 266 g/mol. The highest BCUT2D eigenvalue weighted by molar-refractivity contribution is 5.78. The predicted molar refractivity (Wildman–Crippen MR) is 82.6 cm³/mol. The van der Waals surface area contributed by atoms with Gasteiger partial charge in [0.05, 0.1) is 17.6 Å². The standard InChI is InChI=1S/C15H21N5O/c1-5-7-20-9-18-13-11(8-16)14(17-6-2)19-10(3)12(13)15(20,4)21/h9,21H,5-7H2,1-4H3,(H,17,19). The smallest absolute Gasteiger partial charge is 0.166 e. The maximum atomic E-state index is 10.9. The number of fused-ring (bicyclic) bond motifs is 1. The van der Waals surface area contributed by atoms with E-state index in [9.17, 15) is 10.4 Å². The van der Waals surface area contributed by atoms with Crippen molar-refractivity contribution in [1.29, 1.82) is 5.26 Å². The lowest BCUT2D eigenvalue weighted by Gasteiger charge is -2.40. The number of anilines is 1. The van der Waals surface area contributed by atoms with Gasteiger partial charge in [-0.05, 0) is 27.2 Å². The first kappa shape index (κ1) is 15.3. The van der Waals surface area contributed by atoms with Crippen LogP contribution in [0.15, 0.2) is 4.99 Å². The second-order valence-electron chi connectivity index (χ2n) is 5.25. The van der Waals surface area contributed by atoms with Crippen LogP contribution in [0.5, 0.6) is 0 Å². The summed E-state index contributed by atoms with van der Waals surface area (Å²) in [5, 5.41) is 23.4. The fraction of sp³-hybridized carbons (Fsp3) is 0.533. The number of hydrogen-bond donors (Lipinski definition) is 2. The lowest BCUT2D eigenvalue weighted by molar-refractivity contribution is -0.0586. The molecule has 6 nitrogen and oxygen atoms in total. The molecular formula is C15H21N5O. The second kappa shape index (κ2) is 5.70. The van der Waals surface area contributed by atoms with Crippen LogP contribution in [0.25, 0.3) is 0 Å². The molecule has 2 N–H and O–H groups in total. The minimum Gasteiger partial charge on any atom is -0.369 e. The van der Waals surface area contributed by atoms with E-state index in [-0.39, 0.29) is 0 Å². The molecule has 21 heavy (non-hydrogen) atoms. The van der Waals surface area contributed by atoms with E-state index >= 15 is 0 Å². The highest BCUT2D eigenvalue weighted by Gasteiger charge is 2.38. The van der Waals surface area contributed by atoms with E-state index in [2.05, 4.69) is 21.4 Å². The molecule has 0 radical (unpaired) electrons. The number of nitrogens with zero attached hydrogens (tertiary/aromatic N) is 4. The SMILES string of the molecule is CCCN1C=Nc2c(C#N)c(NCC)nc(C)c2C1(C)O. The summed E-state index contributed by atoms with van der Waals surface area (Å²) in [5.41, 5.74) is 0.976. The quantitative estimate of drug-likeness (QED) is 0.887. The molecule has 2 heterocycles. The van der Waals surface area contributed by atoms with Crippen molar-refractivity contribution in [3.8, 4) is 6.07 Å². The minimum atomic E-state index is -1.21. The highest BCUT2D eigenvalue weighted by atomic mass is 16.3. The lowest BCUT2D eigenvalue weighted by atomic mass is 9.95. The number of aliphatic hydroxyl groups is 1. The number of aromatic nitrogens is 1. The van der Waals surface area contributed by atoms with Crippen LogP contribution in [0.1, 0.15) is 44.0 Å². The van der Waals surface area contributed by atoms with E-state index in [4.69, 9.17) is 0 Å². The van der Waals surface area contributed by atoms with Crippen LogP contribution in [0.4, 0.5) is 11.5 Å². The summed E-state index contributed by atoms with van der Waals surface area (Å²) >= 11 is 0. The third-order valence-corrected chi connectivity index (χ3v) is 3.63. The summed E-state index contributed by atoms with van der Waals surface area (Å²) in [6.07, 6.45) is 2.51. The molecule has 1 aromatic heterocycles. The van der Waals surface area contributed by atoms with E-state index in [1.54, 1.807) is 18.2 Å². The van der Waals surface area contributed by atoms with Crippen molar-refractivity contribution in [3.63, 3.8) is 0 Å². The molecule has 1 aliphatic heterocycles. The molecule has 0 saturated heterocycles. The number of nitrogens with one attached hydrogen (secondary N) is 1. The van der Waals surface area contributed by atoms with Crippen molar-refractivity contribution in [2.24, 2.45) is 4.99 Å². The summed E-state index contributed by atoms with van der Waals surface area (Å²) < 4.78 is 0. The van der Waals surface area contributed by atoms with Crippen LogP contribution in [0.2, 0.25) is 0 Å². The molecule has 0 aromatic carbocycles. The van der Waals surface area contributed by atoms with Gasteiger partial charge in [0.1, 0.15) is 17.5 Å². The van der Waals surface area contributed by atoms with Crippen molar-refractivity contribution in [1.82, 2.24) is 9.88 Å². The van der Waals surface area contributed by atoms with Gasteiger partial charge in [0.15, 0.2) is 5.72 Å². The molecule has 0 fully saturated rings. The second-order valence-corrected chi connectivity index (χ2v) is 5.25. The molecule has 0 spiro atoms. The van der Waals surface area contributed by atoms with E-state index in [1.165, 1.54) is 0 Å². The number of pyridine rings is 1. The van der Waals surface area contributed by atoms with Crippen molar-refractivity contribution >= 4 is 17.8 Å². The van der Waals surface area contributed by atoms with Crippen LogP contribution < -0.4 is 5.32 Å². The van der Waals surface area contributed by atoms with Gasteiger partial charge in [-0.25, -0.2) is 9.98 Å². The molecule has 0 amide bonds. The first-order valence-corrected chi connectivity index (χ1v) is 7.19. The number of rotatable bonds is 4. The Morgan fingerprint density at radius 3 is 2.76 bits per heavy atom. The van der Waals surface area contributed by atoms with Gasteiger partial charge in [0.2, 0.25) is 0 Å². The Hall–Kier alpha value is -2.13. The topological polar surface area (TPSA) is 84.5 Å². The maximum absolute atomic E-state index is 10.9. The van der Waals surface area contributed by atoms with Gasteiger partial charge in [-0.1, -0.05) is 6.92 Å². The van der Waals surface area contributed by atoms with Crippen LogP contribution in [-0.2, 0) is 5.72 Å². The predicted octanol–water partition coefficient (Wildman–Crippen LogP) is 2.24. The first-order chi connectivity index (χ1) is 9.97. The minimum absolute atomic E-state index is 0.380. The Morgan fingerprint density at radius 1 is 1.48 bits per heavy atom. The maximum Gasteiger partial charge on any atom is 0.166 e. The van der Waals surface area contributed by atoms with Crippen molar-refractivity contribution < 1.29 is 5.11 Å². The molecule has 112 valence electrons. The molecule has 6 heteroatoms. The van der Waals surface area contributed by atoms with Gasteiger partial charge in [0, 0.05) is 18.8 Å². The Kier molecular flexibility index (Phi) is 4.14. The van der Waals surface area contributed by atoms with Crippen LogP contribution >= 0.6 is 0 Å². The van der Waals surface area contributed by atoms with E-state index < -0.39 is 5.72 Å². The van der Waals surface area contributed by atoms with Crippen LogP contribution in [0.3, 0.4) is 0 Å². The molecule has 0 aliphatic carbocycles. The van der Waals surface area contributed by atoms with E-state index in [0.29, 0.717) is 41.4 Å². The summed E-state index contributed by atoms with van der Waals surface area (Å²) in [6.45, 7) is 8.89. The van der Waals surface area contributed by atoms with Crippen molar-refractivity contribution in [2.45, 2.75) is 39.8 Å². The fourth-order valence-corrected chi connectivity index (χ4v) is 2.69. The molecule has 0 bridgehead atoms. The van der Waals surface area contributed by atoms with Crippen LogP contribution in [-0.4, -0.2) is 34.4 Å². The normalized spacial score (nSPS) is 20.1. The zero-order valence-corrected chi connectivity index (χ0v) is 12.9. The molecule has 1 unspecified atom stereocenters. The molecule has 2 rings (SSSR count). The average molecular weight is 287 g/mol. The Morgan fingerprint density at radius 2 is 2.19 bits per heavy atom. The summed E-state index contributed by atoms with van der Waals surface area (Å²) in [7, 11) is 0. The summed E-state index contributed by atoms with van der Waals surface area (Å²) in [6, 6.07) is 2.15. The number of hydrogen-bond acceptors (Lipinski definition) is 6. The Labute approximate surface area is 125 Å².